The summed E-state index contributed by atoms with van der Waals surface area (Å²) >= 11 is 0. The van der Waals surface area contributed by atoms with E-state index in [0.29, 0.717) is 23.4 Å². The van der Waals surface area contributed by atoms with Gasteiger partial charge in [-0.2, -0.15) is 0 Å². The van der Waals surface area contributed by atoms with Gasteiger partial charge >= 0.3 is 5.97 Å². The number of esters is 1. The summed E-state index contributed by atoms with van der Waals surface area (Å²) in [7, 11) is 1.54. The molecule has 0 atom stereocenters. The van der Waals surface area contributed by atoms with E-state index in [0.717, 1.165) is 48.1 Å². The maximum atomic E-state index is 13.2. The summed E-state index contributed by atoms with van der Waals surface area (Å²) in [6.45, 7) is 4.38. The number of rotatable bonds is 7. The molecule has 1 aromatic heterocycles. The van der Waals surface area contributed by atoms with Crippen molar-refractivity contribution in [3.8, 4) is 5.75 Å². The predicted octanol–water partition coefficient (Wildman–Crippen LogP) is 4.05. The molecule has 0 saturated carbocycles. The third-order valence-corrected chi connectivity index (χ3v) is 5.60. The number of carbonyl (C=O) groups is 2. The highest BCUT2D eigenvalue weighted by atomic mass is 16.5. The van der Waals surface area contributed by atoms with E-state index in [1.807, 2.05) is 24.3 Å². The second kappa shape index (κ2) is 9.27. The SMILES string of the molecule is CCCN1CCc2nc3ccccc3c(C(=O)OCC(=O)c3cccc(OC)c3)c2C1. The van der Waals surface area contributed by atoms with Crippen LogP contribution in [-0.2, 0) is 17.7 Å². The smallest absolute Gasteiger partial charge is 0.339 e. The zero-order valence-corrected chi connectivity index (χ0v) is 17.9. The van der Waals surface area contributed by atoms with Gasteiger partial charge in [-0.15, -0.1) is 0 Å². The lowest BCUT2D eigenvalue weighted by Gasteiger charge is -2.29. The summed E-state index contributed by atoms with van der Waals surface area (Å²) in [6.07, 6.45) is 1.84. The molecule has 0 radical (unpaired) electrons. The highest BCUT2D eigenvalue weighted by molar-refractivity contribution is 6.06. The van der Waals surface area contributed by atoms with Gasteiger partial charge in [0.05, 0.1) is 18.2 Å². The minimum Gasteiger partial charge on any atom is -0.497 e. The molecular weight excluding hydrogens is 392 g/mol. The second-order valence-electron chi connectivity index (χ2n) is 7.69. The molecule has 0 saturated heterocycles. The first-order chi connectivity index (χ1) is 15.1. The zero-order valence-electron chi connectivity index (χ0n) is 17.9. The number of hydrogen-bond acceptors (Lipinski definition) is 6. The van der Waals surface area contributed by atoms with Gasteiger partial charge in [0.15, 0.2) is 12.4 Å². The van der Waals surface area contributed by atoms with Crippen LogP contribution in [0.2, 0.25) is 0 Å². The Balaban J connectivity index is 1.62. The van der Waals surface area contributed by atoms with E-state index in [1.54, 1.807) is 31.4 Å². The number of fused-ring (bicyclic) bond motifs is 2. The van der Waals surface area contributed by atoms with Gasteiger partial charge in [-0.25, -0.2) is 4.79 Å². The molecule has 3 aromatic rings. The molecule has 0 amide bonds. The molecule has 0 fully saturated rings. The summed E-state index contributed by atoms with van der Waals surface area (Å²) < 4.78 is 10.7. The molecular formula is C25H26N2O4. The van der Waals surface area contributed by atoms with Crippen molar-refractivity contribution in [1.29, 1.82) is 0 Å². The van der Waals surface area contributed by atoms with Gasteiger partial charge in [0.25, 0.3) is 0 Å². The predicted molar refractivity (Wildman–Crippen MR) is 119 cm³/mol. The van der Waals surface area contributed by atoms with E-state index in [-0.39, 0.29) is 12.4 Å². The molecule has 2 aromatic carbocycles. The molecule has 31 heavy (non-hydrogen) atoms. The molecule has 0 bridgehead atoms. The van der Waals surface area contributed by atoms with Crippen molar-refractivity contribution >= 4 is 22.7 Å². The Hall–Kier alpha value is -3.25. The van der Waals surface area contributed by atoms with Gasteiger partial charge in [0.2, 0.25) is 0 Å². The topological polar surface area (TPSA) is 68.7 Å². The molecule has 6 heteroatoms. The van der Waals surface area contributed by atoms with Crippen LogP contribution in [0, 0.1) is 0 Å². The lowest BCUT2D eigenvalue weighted by atomic mass is 9.95. The Labute approximate surface area is 181 Å². The molecule has 0 spiro atoms. The van der Waals surface area contributed by atoms with E-state index >= 15 is 0 Å². The van der Waals surface area contributed by atoms with Crippen LogP contribution < -0.4 is 4.74 Å². The number of aromatic nitrogens is 1. The highest BCUT2D eigenvalue weighted by Crippen LogP contribution is 2.29. The number of ether oxygens (including phenoxy) is 2. The Kier molecular flexibility index (Phi) is 6.28. The number of pyridine rings is 1. The Morgan fingerprint density at radius 3 is 2.77 bits per heavy atom. The van der Waals surface area contributed by atoms with Crippen molar-refractivity contribution < 1.29 is 19.1 Å². The maximum absolute atomic E-state index is 13.2. The summed E-state index contributed by atoms with van der Waals surface area (Å²) in [5.41, 5.74) is 3.60. The van der Waals surface area contributed by atoms with Crippen molar-refractivity contribution in [2.75, 3.05) is 26.8 Å². The van der Waals surface area contributed by atoms with Crippen molar-refractivity contribution in [3.63, 3.8) is 0 Å². The van der Waals surface area contributed by atoms with Gasteiger partial charge in [0.1, 0.15) is 5.75 Å². The van der Waals surface area contributed by atoms with E-state index in [2.05, 4.69) is 11.8 Å². The average Bonchev–Trinajstić information content (AvgIpc) is 2.81. The summed E-state index contributed by atoms with van der Waals surface area (Å²) in [5.74, 6) is -0.168. The van der Waals surface area contributed by atoms with Crippen LogP contribution in [0.1, 0.15) is 45.3 Å². The number of nitrogens with zero attached hydrogens (tertiary/aromatic N) is 2. The van der Waals surface area contributed by atoms with E-state index in [4.69, 9.17) is 14.5 Å². The normalized spacial score (nSPS) is 13.6. The van der Waals surface area contributed by atoms with Gasteiger partial charge in [-0.05, 0) is 31.2 Å². The molecule has 1 aliphatic heterocycles. The standard InChI is InChI=1S/C25H26N2O4/c1-3-12-27-13-11-22-20(15-27)24(19-9-4-5-10-21(19)26-22)25(29)31-16-23(28)17-7-6-8-18(14-17)30-2/h4-10,14H,3,11-13,15-16H2,1-2H3. The van der Waals surface area contributed by atoms with Gasteiger partial charge in [-0.1, -0.05) is 37.3 Å². The monoisotopic (exact) mass is 418 g/mol. The molecule has 4 rings (SSSR count). The van der Waals surface area contributed by atoms with Gasteiger partial charge in [0, 0.05) is 41.7 Å². The van der Waals surface area contributed by atoms with Gasteiger partial charge < -0.3 is 9.47 Å². The fourth-order valence-corrected chi connectivity index (χ4v) is 4.07. The Morgan fingerprint density at radius 2 is 1.97 bits per heavy atom. The van der Waals surface area contributed by atoms with Crippen LogP contribution in [0.25, 0.3) is 10.9 Å². The average molecular weight is 418 g/mol. The first kappa shape index (κ1) is 21.0. The number of hydrogen-bond donors (Lipinski definition) is 0. The third kappa shape index (κ3) is 4.44. The quantitative estimate of drug-likeness (QED) is 0.426. The first-order valence-electron chi connectivity index (χ1n) is 10.6. The number of methoxy groups -OCH3 is 1. The lowest BCUT2D eigenvalue weighted by molar-refractivity contribution is 0.0474. The minimum absolute atomic E-state index is 0.271. The maximum Gasteiger partial charge on any atom is 0.339 e. The molecule has 160 valence electrons. The molecule has 6 nitrogen and oxygen atoms in total. The number of carbonyl (C=O) groups excluding carboxylic acids is 2. The van der Waals surface area contributed by atoms with E-state index in [9.17, 15) is 9.59 Å². The van der Waals surface area contributed by atoms with E-state index in [1.165, 1.54) is 0 Å². The minimum atomic E-state index is -0.482. The molecule has 0 aliphatic carbocycles. The second-order valence-corrected chi connectivity index (χ2v) is 7.69. The van der Waals surface area contributed by atoms with Crippen LogP contribution in [0.5, 0.6) is 5.75 Å². The van der Waals surface area contributed by atoms with E-state index < -0.39 is 5.97 Å². The van der Waals surface area contributed by atoms with Crippen LogP contribution in [-0.4, -0.2) is 48.4 Å². The number of benzene rings is 2. The summed E-state index contributed by atoms with van der Waals surface area (Å²) in [4.78, 5) is 32.9. The van der Waals surface area contributed by atoms with Crippen molar-refractivity contribution in [1.82, 2.24) is 9.88 Å². The Bertz CT molecular complexity index is 1130. The van der Waals surface area contributed by atoms with Crippen LogP contribution in [0.15, 0.2) is 48.5 Å². The summed E-state index contributed by atoms with van der Waals surface area (Å²) in [5, 5.41) is 0.762. The number of Topliss-reactive ketones (excluding diaryl/α,β-unsaturated/α-hetero) is 1. The van der Waals surface area contributed by atoms with Crippen LogP contribution >= 0.6 is 0 Å². The van der Waals surface area contributed by atoms with Crippen molar-refractivity contribution in [2.24, 2.45) is 0 Å². The van der Waals surface area contributed by atoms with Crippen molar-refractivity contribution in [2.45, 2.75) is 26.3 Å². The summed E-state index contributed by atoms with van der Waals surface area (Å²) in [6, 6.07) is 14.4. The lowest BCUT2D eigenvalue weighted by Crippen LogP contribution is -2.33. The number of ketones is 1. The van der Waals surface area contributed by atoms with Gasteiger partial charge in [-0.3, -0.25) is 14.7 Å². The molecule has 1 aliphatic rings. The van der Waals surface area contributed by atoms with Crippen LogP contribution in [0.4, 0.5) is 0 Å². The van der Waals surface area contributed by atoms with Crippen LogP contribution in [0.3, 0.4) is 0 Å². The fraction of sp³-hybridized carbons (Fsp3) is 0.320. The first-order valence-corrected chi connectivity index (χ1v) is 10.6. The molecule has 0 N–H and O–H groups in total. The highest BCUT2D eigenvalue weighted by Gasteiger charge is 2.26. The van der Waals surface area contributed by atoms with Crippen molar-refractivity contribution in [3.05, 3.63) is 70.9 Å². The number of para-hydroxylation sites is 1. The zero-order chi connectivity index (χ0) is 21.8. The largest absolute Gasteiger partial charge is 0.497 e. The third-order valence-electron chi connectivity index (χ3n) is 5.60. The molecule has 0 unspecified atom stereocenters. The fourth-order valence-electron chi connectivity index (χ4n) is 4.07. The molecule has 2 heterocycles. The Morgan fingerprint density at radius 1 is 1.13 bits per heavy atom.